The molecule has 2 heteroatoms. The summed E-state index contributed by atoms with van der Waals surface area (Å²) in [6.45, 7) is 5.58. The molecule has 0 aliphatic carbocycles. The average molecular weight is 208 g/mol. The number of ether oxygens (including phenoxy) is 1. The molecule has 92 valence electrons. The van der Waals surface area contributed by atoms with E-state index in [0.717, 1.165) is 19.3 Å². The Bertz CT molecular complexity index is 100. The normalized spacial score (nSPS) is 9.07. The molecule has 2 nitrogen and oxygen atoms in total. The molecule has 0 aromatic heterocycles. The van der Waals surface area contributed by atoms with E-state index in [1.54, 1.807) is 0 Å². The van der Waals surface area contributed by atoms with E-state index in [9.17, 15) is 4.79 Å². The minimum absolute atomic E-state index is 0. The van der Waals surface area contributed by atoms with Crippen molar-refractivity contribution in [3.63, 3.8) is 0 Å². The predicted molar refractivity (Wildman–Crippen MR) is 67.7 cm³/mol. The van der Waals surface area contributed by atoms with Crippen molar-refractivity contribution in [1.82, 2.24) is 0 Å². The van der Waals surface area contributed by atoms with Gasteiger partial charge in [-0.3, -0.25) is 4.79 Å². The Balaban J connectivity index is -0.0000000675. The molecule has 1 unspecified atom stereocenters. The third-order valence-corrected chi connectivity index (χ3v) is 1.40. The average Bonchev–Trinajstić information content (AvgIpc) is 1.86. The molecule has 0 radical (unpaired) electrons. The Morgan fingerprint density at radius 3 is 1.79 bits per heavy atom. The van der Waals surface area contributed by atoms with Crippen LogP contribution in [-0.4, -0.2) is 12.1 Å². The van der Waals surface area contributed by atoms with Crippen molar-refractivity contribution >= 4 is 5.97 Å². The lowest BCUT2D eigenvalue weighted by molar-refractivity contribution is -0.146. The van der Waals surface area contributed by atoms with Gasteiger partial charge in [0.05, 0.1) is 0 Å². The second-order valence-corrected chi connectivity index (χ2v) is 2.43. The van der Waals surface area contributed by atoms with Crippen LogP contribution in [0.5, 0.6) is 0 Å². The molecular formula is C12H32O2. The highest BCUT2D eigenvalue weighted by molar-refractivity contribution is 5.66. The van der Waals surface area contributed by atoms with E-state index in [0.29, 0.717) is 0 Å². The van der Waals surface area contributed by atoms with E-state index >= 15 is 0 Å². The monoisotopic (exact) mass is 208 g/mol. The zero-order chi connectivity index (χ0) is 7.98. The summed E-state index contributed by atoms with van der Waals surface area (Å²) in [4.78, 5) is 10.5. The van der Waals surface area contributed by atoms with Crippen LogP contribution in [-0.2, 0) is 9.53 Å². The largest absolute Gasteiger partial charge is 0.463 e. The van der Waals surface area contributed by atoms with Crippen LogP contribution >= 0.6 is 0 Å². The van der Waals surface area contributed by atoms with Gasteiger partial charge in [-0.05, 0) is 12.8 Å². The fourth-order valence-corrected chi connectivity index (χ4v) is 0.903. The van der Waals surface area contributed by atoms with E-state index in [2.05, 4.69) is 6.92 Å². The van der Waals surface area contributed by atoms with Gasteiger partial charge in [-0.15, -0.1) is 0 Å². The molecule has 0 fully saturated rings. The van der Waals surface area contributed by atoms with Gasteiger partial charge < -0.3 is 4.74 Å². The lowest BCUT2D eigenvalue weighted by atomic mass is 10.2. The van der Waals surface area contributed by atoms with Gasteiger partial charge in [0, 0.05) is 6.92 Å². The smallest absolute Gasteiger partial charge is 0.302 e. The molecule has 0 saturated heterocycles. The zero-order valence-electron chi connectivity index (χ0n) is 7.02. The summed E-state index contributed by atoms with van der Waals surface area (Å²) in [5.74, 6) is -0.166. The molecule has 1 atom stereocenters. The van der Waals surface area contributed by atoms with Crippen LogP contribution in [0, 0.1) is 0 Å². The number of esters is 1. The molecule has 0 saturated carbocycles. The van der Waals surface area contributed by atoms with Crippen LogP contribution < -0.4 is 0 Å². The number of carbonyl (C=O) groups excluding carboxylic acids is 1. The molecule has 0 aromatic rings. The van der Waals surface area contributed by atoms with Gasteiger partial charge in [-0.25, -0.2) is 0 Å². The first-order valence-corrected chi connectivity index (χ1v) is 3.87. The van der Waals surface area contributed by atoms with Gasteiger partial charge >= 0.3 is 5.97 Å². The second-order valence-electron chi connectivity index (χ2n) is 2.43. The lowest BCUT2D eigenvalue weighted by Crippen LogP contribution is -2.14. The summed E-state index contributed by atoms with van der Waals surface area (Å²) >= 11 is 0. The lowest BCUT2D eigenvalue weighted by Gasteiger charge is -2.12. The van der Waals surface area contributed by atoms with Crippen LogP contribution in [0.25, 0.3) is 0 Å². The summed E-state index contributed by atoms with van der Waals surface area (Å²) in [5, 5.41) is 0. The van der Waals surface area contributed by atoms with Crippen LogP contribution in [0.1, 0.15) is 69.7 Å². The molecule has 0 aliphatic rings. The van der Waals surface area contributed by atoms with Crippen molar-refractivity contribution < 1.29 is 9.53 Å². The van der Waals surface area contributed by atoms with Crippen molar-refractivity contribution in [1.29, 1.82) is 0 Å². The summed E-state index contributed by atoms with van der Waals surface area (Å²) in [7, 11) is 0. The molecule has 14 heavy (non-hydrogen) atoms. The van der Waals surface area contributed by atoms with Crippen molar-refractivity contribution in [3.8, 4) is 0 Å². The van der Waals surface area contributed by atoms with Gasteiger partial charge in [0.15, 0.2) is 0 Å². The Hall–Kier alpha value is -0.530. The Kier molecular flexibility index (Phi) is 38.2. The van der Waals surface area contributed by atoms with Crippen molar-refractivity contribution in [2.24, 2.45) is 0 Å². The third-order valence-electron chi connectivity index (χ3n) is 1.40. The van der Waals surface area contributed by atoms with Crippen molar-refractivity contribution in [3.05, 3.63) is 0 Å². The first-order valence-electron chi connectivity index (χ1n) is 3.87. The number of carbonyl (C=O) groups is 1. The highest BCUT2D eigenvalue weighted by Crippen LogP contribution is 2.05. The minimum Gasteiger partial charge on any atom is -0.463 e. The molecule has 0 aliphatic heterocycles. The Morgan fingerprint density at radius 1 is 1.14 bits per heavy atom. The number of hydrogen-bond acceptors (Lipinski definition) is 2. The molecule has 0 rings (SSSR count). The summed E-state index contributed by atoms with van der Waals surface area (Å²) < 4.78 is 5.00. The third kappa shape index (κ3) is 17.5. The number of rotatable bonds is 4. The van der Waals surface area contributed by atoms with Crippen LogP contribution in [0.2, 0.25) is 0 Å². The first kappa shape index (κ1) is 29.2. The molecule has 0 heterocycles. The maximum Gasteiger partial charge on any atom is 0.302 e. The zero-order valence-corrected chi connectivity index (χ0v) is 7.02. The van der Waals surface area contributed by atoms with Crippen LogP contribution in [0.15, 0.2) is 0 Å². The summed E-state index contributed by atoms with van der Waals surface area (Å²) in [6, 6.07) is 0. The Morgan fingerprint density at radius 2 is 1.57 bits per heavy atom. The summed E-state index contributed by atoms with van der Waals surface area (Å²) in [6.07, 6.45) is 3.12. The van der Waals surface area contributed by atoms with E-state index in [1.165, 1.54) is 6.92 Å². The highest BCUT2D eigenvalue weighted by atomic mass is 16.5. The standard InChI is InChI=1S/C8H16O2.4CH4/c1-4-6-8(5-2)10-7(3)9;;;;/h8H,4-6H2,1-3H3;4*1H4. The van der Waals surface area contributed by atoms with Crippen molar-refractivity contribution in [2.75, 3.05) is 0 Å². The van der Waals surface area contributed by atoms with E-state index < -0.39 is 0 Å². The van der Waals surface area contributed by atoms with Gasteiger partial charge in [0.25, 0.3) is 0 Å². The predicted octanol–water partition coefficient (Wildman–Crippen LogP) is 4.67. The first-order chi connectivity index (χ1) is 4.70. The topological polar surface area (TPSA) is 26.3 Å². The van der Waals surface area contributed by atoms with E-state index in [4.69, 9.17) is 4.74 Å². The van der Waals surface area contributed by atoms with E-state index in [-0.39, 0.29) is 41.8 Å². The Labute approximate surface area is 92.1 Å². The SMILES string of the molecule is C.C.C.C.CCCC(CC)OC(C)=O. The molecule has 0 N–H and O–H groups in total. The maximum atomic E-state index is 10.5. The quantitative estimate of drug-likeness (QED) is 0.627. The van der Waals surface area contributed by atoms with E-state index in [1.807, 2.05) is 6.92 Å². The van der Waals surface area contributed by atoms with Gasteiger partial charge in [-0.1, -0.05) is 50.0 Å². The van der Waals surface area contributed by atoms with Gasteiger partial charge in [0.1, 0.15) is 6.10 Å². The van der Waals surface area contributed by atoms with Gasteiger partial charge in [0.2, 0.25) is 0 Å². The van der Waals surface area contributed by atoms with Crippen molar-refractivity contribution in [2.45, 2.75) is 75.8 Å². The number of hydrogen-bond donors (Lipinski definition) is 0. The highest BCUT2D eigenvalue weighted by Gasteiger charge is 2.06. The van der Waals surface area contributed by atoms with Crippen LogP contribution in [0.4, 0.5) is 0 Å². The molecule has 0 amide bonds. The fraction of sp³-hybridized carbons (Fsp3) is 0.917. The molecule has 0 bridgehead atoms. The molecular weight excluding hydrogens is 176 g/mol. The minimum atomic E-state index is -0.166. The van der Waals surface area contributed by atoms with Crippen LogP contribution in [0.3, 0.4) is 0 Å². The maximum absolute atomic E-state index is 10.5. The van der Waals surface area contributed by atoms with Gasteiger partial charge in [-0.2, -0.15) is 0 Å². The second kappa shape index (κ2) is 18.3. The summed E-state index contributed by atoms with van der Waals surface area (Å²) in [5.41, 5.74) is 0. The molecule has 0 aromatic carbocycles. The molecule has 0 spiro atoms. The fourth-order valence-electron chi connectivity index (χ4n) is 0.903.